The molecule has 1 saturated heterocycles. The maximum absolute atomic E-state index is 11.6. The molecule has 20 heavy (non-hydrogen) atoms. The average Bonchev–Trinajstić information content (AvgIpc) is 2.45. The summed E-state index contributed by atoms with van der Waals surface area (Å²) in [5.41, 5.74) is 1.28. The third kappa shape index (κ3) is 4.21. The van der Waals surface area contributed by atoms with Gasteiger partial charge in [-0.25, -0.2) is 12.7 Å². The summed E-state index contributed by atoms with van der Waals surface area (Å²) in [4.78, 5) is 0. The highest BCUT2D eigenvalue weighted by molar-refractivity contribution is 7.88. The van der Waals surface area contributed by atoms with Crippen LogP contribution in [0.15, 0.2) is 24.3 Å². The summed E-state index contributed by atoms with van der Waals surface area (Å²) in [5, 5.41) is 0. The molecule has 0 aromatic heterocycles. The predicted molar refractivity (Wildman–Crippen MR) is 80.5 cm³/mol. The Hall–Kier alpha value is -1.07. The summed E-state index contributed by atoms with van der Waals surface area (Å²) in [6, 6.07) is 8.10. The van der Waals surface area contributed by atoms with Crippen LogP contribution in [0.1, 0.15) is 24.8 Å². The minimum atomic E-state index is -3.03. The molecule has 2 rings (SSSR count). The van der Waals surface area contributed by atoms with Crippen LogP contribution in [0.3, 0.4) is 0 Å². The number of nitrogens with zero attached hydrogens (tertiary/aromatic N) is 1. The molecule has 5 heteroatoms. The zero-order chi connectivity index (χ0) is 14.6. The zero-order valence-electron chi connectivity index (χ0n) is 12.2. The van der Waals surface area contributed by atoms with Crippen molar-refractivity contribution in [3.05, 3.63) is 29.8 Å². The molecule has 1 aliphatic rings. The van der Waals surface area contributed by atoms with Gasteiger partial charge in [-0.3, -0.25) is 0 Å². The average molecular weight is 297 g/mol. The van der Waals surface area contributed by atoms with Crippen molar-refractivity contribution in [3.63, 3.8) is 0 Å². The first-order valence-corrected chi connectivity index (χ1v) is 8.92. The highest BCUT2D eigenvalue weighted by Crippen LogP contribution is 2.23. The van der Waals surface area contributed by atoms with Gasteiger partial charge >= 0.3 is 0 Å². The van der Waals surface area contributed by atoms with Crippen LogP contribution in [0.5, 0.6) is 5.75 Å². The Bertz CT molecular complexity index is 525. The molecule has 0 spiro atoms. The number of benzene rings is 1. The van der Waals surface area contributed by atoms with Crippen molar-refractivity contribution in [1.82, 2.24) is 4.31 Å². The molecule has 0 amide bonds. The number of rotatable bonds is 5. The summed E-state index contributed by atoms with van der Waals surface area (Å²) in [6.07, 6.45) is 5.44. The first-order chi connectivity index (χ1) is 9.49. The quantitative estimate of drug-likeness (QED) is 0.838. The van der Waals surface area contributed by atoms with Gasteiger partial charge in [0.15, 0.2) is 0 Å². The molecule has 0 bridgehead atoms. The largest absolute Gasteiger partial charge is 0.497 e. The van der Waals surface area contributed by atoms with Crippen molar-refractivity contribution in [2.24, 2.45) is 5.92 Å². The molecule has 0 saturated carbocycles. The molecular weight excluding hydrogens is 274 g/mol. The number of hydrogen-bond donors (Lipinski definition) is 0. The Kier molecular flexibility index (Phi) is 5.05. The molecule has 1 heterocycles. The van der Waals surface area contributed by atoms with E-state index in [0.717, 1.165) is 31.4 Å². The van der Waals surface area contributed by atoms with E-state index in [-0.39, 0.29) is 0 Å². The summed E-state index contributed by atoms with van der Waals surface area (Å²) in [5.74, 6) is 1.34. The fourth-order valence-corrected chi connectivity index (χ4v) is 3.67. The Morgan fingerprint density at radius 2 is 2.00 bits per heavy atom. The van der Waals surface area contributed by atoms with E-state index in [0.29, 0.717) is 19.0 Å². The summed E-state index contributed by atoms with van der Waals surface area (Å²) in [6.45, 7) is 1.35. The number of ether oxygens (including phenoxy) is 1. The lowest BCUT2D eigenvalue weighted by atomic mass is 9.93. The molecule has 0 radical (unpaired) electrons. The normalized spacial score (nSPS) is 20.8. The molecule has 4 nitrogen and oxygen atoms in total. The molecule has 1 fully saturated rings. The predicted octanol–water partition coefficient (Wildman–Crippen LogP) is 2.30. The van der Waals surface area contributed by atoms with E-state index in [1.54, 1.807) is 11.4 Å². The second-order valence-electron chi connectivity index (χ2n) is 5.52. The van der Waals surface area contributed by atoms with Crippen LogP contribution < -0.4 is 4.74 Å². The topological polar surface area (TPSA) is 46.6 Å². The van der Waals surface area contributed by atoms with Gasteiger partial charge in [0.25, 0.3) is 0 Å². The van der Waals surface area contributed by atoms with Crippen molar-refractivity contribution < 1.29 is 13.2 Å². The van der Waals surface area contributed by atoms with Crippen molar-refractivity contribution >= 4 is 10.0 Å². The maximum Gasteiger partial charge on any atom is 0.211 e. The molecule has 1 aliphatic heterocycles. The van der Waals surface area contributed by atoms with Crippen LogP contribution in [0.25, 0.3) is 0 Å². The Morgan fingerprint density at radius 3 is 2.60 bits per heavy atom. The van der Waals surface area contributed by atoms with Crippen molar-refractivity contribution in [2.75, 3.05) is 26.5 Å². The summed E-state index contributed by atoms with van der Waals surface area (Å²) >= 11 is 0. The molecule has 1 aromatic carbocycles. The summed E-state index contributed by atoms with van der Waals surface area (Å²) < 4.78 is 29.9. The lowest BCUT2D eigenvalue weighted by Gasteiger charge is -2.30. The number of methoxy groups -OCH3 is 1. The van der Waals surface area contributed by atoms with Gasteiger partial charge in [-0.2, -0.15) is 0 Å². The zero-order valence-corrected chi connectivity index (χ0v) is 13.0. The molecule has 1 aromatic rings. The van der Waals surface area contributed by atoms with Gasteiger partial charge in [0, 0.05) is 13.1 Å². The van der Waals surface area contributed by atoms with Gasteiger partial charge in [-0.05, 0) is 49.3 Å². The lowest BCUT2D eigenvalue weighted by Crippen LogP contribution is -2.39. The smallest absolute Gasteiger partial charge is 0.211 e. The van der Waals surface area contributed by atoms with Crippen LogP contribution in [0.2, 0.25) is 0 Å². The van der Waals surface area contributed by atoms with Crippen molar-refractivity contribution in [2.45, 2.75) is 25.7 Å². The minimum absolute atomic E-state index is 0.473. The Morgan fingerprint density at radius 1 is 1.30 bits per heavy atom. The van der Waals surface area contributed by atoms with E-state index in [4.69, 9.17) is 4.74 Å². The van der Waals surface area contributed by atoms with Crippen LogP contribution in [-0.2, 0) is 16.4 Å². The van der Waals surface area contributed by atoms with E-state index in [1.807, 2.05) is 12.1 Å². The third-order valence-corrected chi connectivity index (χ3v) is 5.22. The van der Waals surface area contributed by atoms with E-state index in [9.17, 15) is 8.42 Å². The molecular formula is C15H23NO3S. The van der Waals surface area contributed by atoms with E-state index in [2.05, 4.69) is 12.1 Å². The highest BCUT2D eigenvalue weighted by Gasteiger charge is 2.25. The van der Waals surface area contributed by atoms with Gasteiger partial charge in [0.1, 0.15) is 5.75 Å². The first kappa shape index (κ1) is 15.3. The fraction of sp³-hybridized carbons (Fsp3) is 0.600. The lowest BCUT2D eigenvalue weighted by molar-refractivity contribution is 0.257. The van der Waals surface area contributed by atoms with Gasteiger partial charge in [0.05, 0.1) is 13.4 Å². The van der Waals surface area contributed by atoms with E-state index in [1.165, 1.54) is 11.8 Å². The fourth-order valence-electron chi connectivity index (χ4n) is 2.73. The maximum atomic E-state index is 11.6. The van der Waals surface area contributed by atoms with Crippen molar-refractivity contribution in [1.29, 1.82) is 0 Å². The van der Waals surface area contributed by atoms with Crippen LogP contribution in [0.4, 0.5) is 0 Å². The van der Waals surface area contributed by atoms with Crippen LogP contribution in [0, 0.1) is 5.92 Å². The van der Waals surface area contributed by atoms with E-state index >= 15 is 0 Å². The molecule has 0 aliphatic carbocycles. The third-order valence-electron chi connectivity index (χ3n) is 3.95. The Labute approximate surface area is 121 Å². The standard InChI is InChI=1S/C15H23NO3S/c1-19-15-9-7-13(8-10-15)5-6-14-4-3-11-16(12-14)20(2,17)18/h7-10,14H,3-6,11-12H2,1-2H3/t14-/m1/s1. The van der Waals surface area contributed by atoms with Crippen molar-refractivity contribution in [3.8, 4) is 5.75 Å². The molecule has 0 N–H and O–H groups in total. The van der Waals surface area contributed by atoms with Crippen LogP contribution in [-0.4, -0.2) is 39.2 Å². The van der Waals surface area contributed by atoms with Gasteiger partial charge < -0.3 is 4.74 Å². The van der Waals surface area contributed by atoms with Gasteiger partial charge in [0.2, 0.25) is 10.0 Å². The number of sulfonamides is 1. The molecule has 1 atom stereocenters. The Balaban J connectivity index is 1.87. The van der Waals surface area contributed by atoms with Gasteiger partial charge in [-0.15, -0.1) is 0 Å². The van der Waals surface area contributed by atoms with E-state index < -0.39 is 10.0 Å². The number of aryl methyl sites for hydroxylation is 1. The second-order valence-corrected chi connectivity index (χ2v) is 7.50. The molecule has 112 valence electrons. The number of piperidine rings is 1. The van der Waals surface area contributed by atoms with Gasteiger partial charge in [-0.1, -0.05) is 12.1 Å². The summed E-state index contributed by atoms with van der Waals surface area (Å²) in [7, 11) is -1.37. The van der Waals surface area contributed by atoms with Crippen LogP contribution >= 0.6 is 0 Å². The monoisotopic (exact) mass is 297 g/mol. The number of hydrogen-bond acceptors (Lipinski definition) is 3. The SMILES string of the molecule is COc1ccc(CC[C@H]2CCCN(S(C)(=O)=O)C2)cc1. The molecule has 0 unspecified atom stereocenters. The minimum Gasteiger partial charge on any atom is -0.497 e. The highest BCUT2D eigenvalue weighted by atomic mass is 32.2. The first-order valence-electron chi connectivity index (χ1n) is 7.07. The second kappa shape index (κ2) is 6.59.